The monoisotopic (exact) mass is 281 g/mol. The summed E-state index contributed by atoms with van der Waals surface area (Å²) < 4.78 is 0.922. The third-order valence-corrected chi connectivity index (χ3v) is 3.09. The fraction of sp³-hybridized carbons (Fsp3) is 0.385. The molecule has 86 valence electrons. The van der Waals surface area contributed by atoms with Gasteiger partial charge in [0, 0.05) is 16.7 Å². The second kappa shape index (κ2) is 6.57. The Kier molecular flexibility index (Phi) is 5.37. The summed E-state index contributed by atoms with van der Waals surface area (Å²) in [6.45, 7) is 3.72. The molecule has 0 saturated heterocycles. The number of rotatable bonds is 5. The molecule has 0 aliphatic heterocycles. The van der Waals surface area contributed by atoms with E-state index in [-0.39, 0.29) is 6.61 Å². The van der Waals surface area contributed by atoms with Crippen molar-refractivity contribution in [2.45, 2.75) is 20.0 Å². The Morgan fingerprint density at radius 3 is 2.75 bits per heavy atom. The third kappa shape index (κ3) is 3.26. The van der Waals surface area contributed by atoms with Crippen LogP contribution in [0.4, 0.5) is 5.69 Å². The zero-order valence-electron chi connectivity index (χ0n) is 9.41. The van der Waals surface area contributed by atoms with Gasteiger partial charge in [-0.3, -0.25) is 0 Å². The number of aliphatic hydroxyl groups is 1. The van der Waals surface area contributed by atoms with Crippen molar-refractivity contribution in [2.24, 2.45) is 0 Å². The summed E-state index contributed by atoms with van der Waals surface area (Å²) in [7, 11) is 0. The SMILES string of the molecule is C#CCN(CCC)c1ccc(CO)c(Br)c1. The van der Waals surface area contributed by atoms with Crippen LogP contribution in [0, 0.1) is 12.3 Å². The second-order valence-corrected chi connectivity index (χ2v) is 4.41. The Labute approximate surface area is 105 Å². The lowest BCUT2D eigenvalue weighted by molar-refractivity contribution is 0.281. The summed E-state index contributed by atoms with van der Waals surface area (Å²) in [5, 5.41) is 9.08. The van der Waals surface area contributed by atoms with Crippen LogP contribution in [0.2, 0.25) is 0 Å². The smallest absolute Gasteiger partial charge is 0.0791 e. The predicted molar refractivity (Wildman–Crippen MR) is 71.4 cm³/mol. The fourth-order valence-corrected chi connectivity index (χ4v) is 2.03. The van der Waals surface area contributed by atoms with E-state index in [1.54, 1.807) is 0 Å². The van der Waals surface area contributed by atoms with Crippen molar-refractivity contribution in [1.29, 1.82) is 0 Å². The molecule has 3 heteroatoms. The summed E-state index contributed by atoms with van der Waals surface area (Å²) in [4.78, 5) is 2.14. The van der Waals surface area contributed by atoms with Crippen LogP contribution in [0.5, 0.6) is 0 Å². The molecule has 0 atom stereocenters. The van der Waals surface area contributed by atoms with E-state index in [2.05, 4.69) is 33.7 Å². The molecular weight excluding hydrogens is 266 g/mol. The molecule has 0 aliphatic carbocycles. The highest BCUT2D eigenvalue weighted by molar-refractivity contribution is 9.10. The largest absolute Gasteiger partial charge is 0.392 e. The molecule has 0 spiro atoms. The summed E-state index contributed by atoms with van der Waals surface area (Å²) in [6, 6.07) is 5.90. The van der Waals surface area contributed by atoms with Gasteiger partial charge in [0.25, 0.3) is 0 Å². The Bertz CT molecular complexity index is 384. The maximum absolute atomic E-state index is 9.08. The van der Waals surface area contributed by atoms with E-state index < -0.39 is 0 Å². The Morgan fingerprint density at radius 2 is 2.25 bits per heavy atom. The zero-order chi connectivity index (χ0) is 12.0. The fourth-order valence-electron chi connectivity index (χ4n) is 1.54. The molecule has 0 fully saturated rings. The first-order valence-corrected chi connectivity index (χ1v) is 6.10. The van der Waals surface area contributed by atoms with Gasteiger partial charge in [0.05, 0.1) is 13.2 Å². The molecule has 0 aromatic heterocycles. The minimum absolute atomic E-state index is 0.0454. The van der Waals surface area contributed by atoms with E-state index in [9.17, 15) is 0 Å². The molecule has 0 unspecified atom stereocenters. The molecule has 1 rings (SSSR count). The number of benzene rings is 1. The molecule has 1 aromatic carbocycles. The average Bonchev–Trinajstić information content (AvgIpc) is 2.28. The van der Waals surface area contributed by atoms with Gasteiger partial charge in [0.2, 0.25) is 0 Å². The Balaban J connectivity index is 2.93. The van der Waals surface area contributed by atoms with Crippen LogP contribution in [-0.4, -0.2) is 18.2 Å². The molecule has 1 aromatic rings. The zero-order valence-corrected chi connectivity index (χ0v) is 11.0. The van der Waals surface area contributed by atoms with E-state index in [4.69, 9.17) is 11.5 Å². The summed E-state index contributed by atoms with van der Waals surface area (Å²) >= 11 is 3.44. The number of halogens is 1. The van der Waals surface area contributed by atoms with Crippen LogP contribution in [0.15, 0.2) is 22.7 Å². The van der Waals surface area contributed by atoms with Gasteiger partial charge in [-0.05, 0) is 24.1 Å². The lowest BCUT2D eigenvalue weighted by atomic mass is 10.2. The number of hydrogen-bond acceptors (Lipinski definition) is 2. The highest BCUT2D eigenvalue weighted by Gasteiger charge is 2.06. The molecule has 0 heterocycles. The first-order chi connectivity index (χ1) is 7.72. The quantitative estimate of drug-likeness (QED) is 0.839. The average molecular weight is 282 g/mol. The summed E-state index contributed by atoms with van der Waals surface area (Å²) in [5.41, 5.74) is 1.98. The van der Waals surface area contributed by atoms with Crippen LogP contribution in [-0.2, 0) is 6.61 Å². The third-order valence-electron chi connectivity index (χ3n) is 2.35. The molecule has 0 aliphatic rings. The molecule has 0 amide bonds. The molecule has 16 heavy (non-hydrogen) atoms. The van der Waals surface area contributed by atoms with Crippen molar-refractivity contribution in [1.82, 2.24) is 0 Å². The standard InChI is InChI=1S/C13H16BrNO/c1-3-7-15(8-4-2)12-6-5-11(10-16)13(14)9-12/h1,5-6,9,16H,4,7-8,10H2,2H3. The van der Waals surface area contributed by atoms with Gasteiger partial charge >= 0.3 is 0 Å². The topological polar surface area (TPSA) is 23.5 Å². The van der Waals surface area contributed by atoms with Gasteiger partial charge in [0.1, 0.15) is 0 Å². The van der Waals surface area contributed by atoms with Crippen molar-refractivity contribution in [3.63, 3.8) is 0 Å². The summed E-state index contributed by atoms with van der Waals surface area (Å²) in [5.74, 6) is 2.66. The normalized spacial score (nSPS) is 9.88. The Morgan fingerprint density at radius 1 is 1.50 bits per heavy atom. The Hall–Kier alpha value is -0.980. The highest BCUT2D eigenvalue weighted by Crippen LogP contribution is 2.24. The first kappa shape index (κ1) is 13.1. The molecule has 1 N–H and O–H groups in total. The number of hydrogen-bond donors (Lipinski definition) is 1. The van der Waals surface area contributed by atoms with E-state index in [1.165, 1.54) is 0 Å². The lowest BCUT2D eigenvalue weighted by Gasteiger charge is -2.22. The molecule has 2 nitrogen and oxygen atoms in total. The minimum atomic E-state index is 0.0454. The molecular formula is C13H16BrNO. The van der Waals surface area contributed by atoms with E-state index in [0.717, 1.165) is 28.7 Å². The van der Waals surface area contributed by atoms with Crippen LogP contribution in [0.1, 0.15) is 18.9 Å². The van der Waals surface area contributed by atoms with Crippen molar-refractivity contribution >= 4 is 21.6 Å². The molecule has 0 radical (unpaired) electrons. The lowest BCUT2D eigenvalue weighted by Crippen LogP contribution is -2.24. The number of terminal acetylenes is 1. The number of anilines is 1. The van der Waals surface area contributed by atoms with Crippen LogP contribution in [0.3, 0.4) is 0 Å². The van der Waals surface area contributed by atoms with E-state index >= 15 is 0 Å². The second-order valence-electron chi connectivity index (χ2n) is 3.56. The van der Waals surface area contributed by atoms with E-state index in [1.807, 2.05) is 18.2 Å². The van der Waals surface area contributed by atoms with Gasteiger partial charge < -0.3 is 10.0 Å². The highest BCUT2D eigenvalue weighted by atomic mass is 79.9. The first-order valence-electron chi connectivity index (χ1n) is 5.30. The van der Waals surface area contributed by atoms with Crippen molar-refractivity contribution in [3.8, 4) is 12.3 Å². The van der Waals surface area contributed by atoms with Crippen LogP contribution >= 0.6 is 15.9 Å². The minimum Gasteiger partial charge on any atom is -0.392 e. The van der Waals surface area contributed by atoms with Gasteiger partial charge in [-0.1, -0.05) is 34.8 Å². The van der Waals surface area contributed by atoms with Gasteiger partial charge in [-0.15, -0.1) is 6.42 Å². The maximum atomic E-state index is 9.08. The van der Waals surface area contributed by atoms with Crippen molar-refractivity contribution < 1.29 is 5.11 Å². The molecule has 0 bridgehead atoms. The van der Waals surface area contributed by atoms with Gasteiger partial charge in [-0.2, -0.15) is 0 Å². The van der Waals surface area contributed by atoms with Crippen LogP contribution < -0.4 is 4.90 Å². The summed E-state index contributed by atoms with van der Waals surface area (Å²) in [6.07, 6.45) is 6.40. The van der Waals surface area contributed by atoms with Gasteiger partial charge in [0.15, 0.2) is 0 Å². The van der Waals surface area contributed by atoms with Crippen molar-refractivity contribution in [2.75, 3.05) is 18.0 Å². The number of aliphatic hydroxyl groups excluding tert-OH is 1. The predicted octanol–water partition coefficient (Wildman–Crippen LogP) is 2.79. The maximum Gasteiger partial charge on any atom is 0.0791 e. The van der Waals surface area contributed by atoms with Gasteiger partial charge in [-0.25, -0.2) is 0 Å². The molecule has 0 saturated carbocycles. The van der Waals surface area contributed by atoms with Crippen molar-refractivity contribution in [3.05, 3.63) is 28.2 Å². The van der Waals surface area contributed by atoms with Crippen LogP contribution in [0.25, 0.3) is 0 Å². The van der Waals surface area contributed by atoms with E-state index in [0.29, 0.717) is 6.54 Å². The number of nitrogens with zero attached hydrogens (tertiary/aromatic N) is 1.